The van der Waals surface area contributed by atoms with E-state index in [4.69, 9.17) is 0 Å². The SMILES string of the molecule is O=C(Nc1cn[nH]c1)C1Cc2ccccc2N1. The summed E-state index contributed by atoms with van der Waals surface area (Å²) in [7, 11) is 0. The predicted octanol–water partition coefficient (Wildman–Crippen LogP) is 1.39. The predicted molar refractivity (Wildman–Crippen MR) is 64.8 cm³/mol. The van der Waals surface area contributed by atoms with Crippen LogP contribution in [-0.2, 0) is 11.2 Å². The summed E-state index contributed by atoms with van der Waals surface area (Å²) >= 11 is 0. The van der Waals surface area contributed by atoms with Crippen molar-refractivity contribution >= 4 is 17.3 Å². The van der Waals surface area contributed by atoms with Crippen LogP contribution in [0.2, 0.25) is 0 Å². The van der Waals surface area contributed by atoms with Gasteiger partial charge in [0.15, 0.2) is 0 Å². The average Bonchev–Trinajstić information content (AvgIpc) is 2.96. The largest absolute Gasteiger partial charge is 0.373 e. The van der Waals surface area contributed by atoms with Crippen molar-refractivity contribution in [3.63, 3.8) is 0 Å². The number of amides is 1. The Morgan fingerprint density at radius 3 is 3.06 bits per heavy atom. The van der Waals surface area contributed by atoms with Crippen molar-refractivity contribution in [3.8, 4) is 0 Å². The lowest BCUT2D eigenvalue weighted by Crippen LogP contribution is -2.32. The molecule has 0 bridgehead atoms. The standard InChI is InChI=1S/C12H12N4O/c17-12(15-9-6-13-14-7-9)11-5-8-3-1-2-4-10(8)16-11/h1-4,6-7,11,16H,5H2,(H,13,14)(H,15,17). The number of anilines is 2. The number of carbonyl (C=O) groups is 1. The van der Waals surface area contributed by atoms with E-state index in [1.807, 2.05) is 24.3 Å². The van der Waals surface area contributed by atoms with Gasteiger partial charge in [0.1, 0.15) is 6.04 Å². The molecule has 3 N–H and O–H groups in total. The van der Waals surface area contributed by atoms with Crippen LogP contribution in [0.1, 0.15) is 5.56 Å². The molecule has 0 fully saturated rings. The molecular formula is C12H12N4O. The number of hydrogen-bond donors (Lipinski definition) is 3. The summed E-state index contributed by atoms with van der Waals surface area (Å²) in [5, 5.41) is 12.4. The van der Waals surface area contributed by atoms with Gasteiger partial charge in [0.25, 0.3) is 0 Å². The van der Waals surface area contributed by atoms with Gasteiger partial charge in [0.05, 0.1) is 11.9 Å². The molecule has 0 radical (unpaired) electrons. The van der Waals surface area contributed by atoms with Crippen molar-refractivity contribution < 1.29 is 4.79 Å². The summed E-state index contributed by atoms with van der Waals surface area (Å²) < 4.78 is 0. The smallest absolute Gasteiger partial charge is 0.247 e. The fourth-order valence-corrected chi connectivity index (χ4v) is 2.00. The summed E-state index contributed by atoms with van der Waals surface area (Å²) in [6, 6.07) is 7.76. The van der Waals surface area contributed by atoms with E-state index in [2.05, 4.69) is 20.8 Å². The molecule has 0 saturated heterocycles. The van der Waals surface area contributed by atoms with Gasteiger partial charge in [-0.25, -0.2) is 0 Å². The van der Waals surface area contributed by atoms with E-state index < -0.39 is 0 Å². The quantitative estimate of drug-likeness (QED) is 0.727. The van der Waals surface area contributed by atoms with Crippen LogP contribution in [0.15, 0.2) is 36.7 Å². The number of nitrogens with one attached hydrogen (secondary N) is 3. The maximum absolute atomic E-state index is 12.0. The van der Waals surface area contributed by atoms with Crippen LogP contribution >= 0.6 is 0 Å². The second-order valence-corrected chi connectivity index (χ2v) is 4.03. The molecule has 0 aliphatic carbocycles. The fourth-order valence-electron chi connectivity index (χ4n) is 2.00. The number of para-hydroxylation sites is 1. The highest BCUT2D eigenvalue weighted by molar-refractivity contribution is 5.97. The number of hydrogen-bond acceptors (Lipinski definition) is 3. The van der Waals surface area contributed by atoms with Gasteiger partial charge in [-0.3, -0.25) is 9.89 Å². The lowest BCUT2D eigenvalue weighted by Gasteiger charge is -2.10. The van der Waals surface area contributed by atoms with E-state index in [1.54, 1.807) is 12.4 Å². The van der Waals surface area contributed by atoms with Gasteiger partial charge < -0.3 is 10.6 Å². The number of rotatable bonds is 2. The zero-order valence-corrected chi connectivity index (χ0v) is 9.10. The Morgan fingerprint density at radius 1 is 1.41 bits per heavy atom. The zero-order chi connectivity index (χ0) is 11.7. The normalized spacial score (nSPS) is 17.3. The average molecular weight is 228 g/mol. The monoisotopic (exact) mass is 228 g/mol. The summed E-state index contributed by atoms with van der Waals surface area (Å²) in [4.78, 5) is 12.0. The number of carbonyl (C=O) groups excluding carboxylic acids is 1. The van der Waals surface area contributed by atoms with Crippen LogP contribution in [0.25, 0.3) is 0 Å². The van der Waals surface area contributed by atoms with E-state index in [0.29, 0.717) is 5.69 Å². The van der Waals surface area contributed by atoms with Gasteiger partial charge >= 0.3 is 0 Å². The molecule has 3 rings (SSSR count). The van der Waals surface area contributed by atoms with Crippen LogP contribution in [0.4, 0.5) is 11.4 Å². The second-order valence-electron chi connectivity index (χ2n) is 4.03. The Kier molecular flexibility index (Phi) is 2.29. The highest BCUT2D eigenvalue weighted by atomic mass is 16.2. The molecule has 0 saturated carbocycles. The molecule has 1 aliphatic rings. The third kappa shape index (κ3) is 1.87. The molecule has 5 heteroatoms. The summed E-state index contributed by atoms with van der Waals surface area (Å²) in [5.74, 6) is -0.0393. The van der Waals surface area contributed by atoms with E-state index in [0.717, 1.165) is 12.1 Å². The minimum atomic E-state index is -0.206. The molecule has 0 spiro atoms. The van der Waals surface area contributed by atoms with Crippen LogP contribution in [0.5, 0.6) is 0 Å². The first kappa shape index (κ1) is 9.89. The van der Waals surface area contributed by atoms with Crippen molar-refractivity contribution in [2.45, 2.75) is 12.5 Å². The number of H-pyrrole nitrogens is 1. The van der Waals surface area contributed by atoms with Crippen molar-refractivity contribution in [1.82, 2.24) is 10.2 Å². The third-order valence-corrected chi connectivity index (χ3v) is 2.85. The van der Waals surface area contributed by atoms with Crippen LogP contribution in [0, 0.1) is 0 Å². The number of nitrogens with zero attached hydrogens (tertiary/aromatic N) is 1. The first-order valence-electron chi connectivity index (χ1n) is 5.47. The van der Waals surface area contributed by atoms with E-state index >= 15 is 0 Å². The van der Waals surface area contributed by atoms with Gasteiger partial charge in [-0.1, -0.05) is 18.2 Å². The third-order valence-electron chi connectivity index (χ3n) is 2.85. The second kappa shape index (κ2) is 3.93. The van der Waals surface area contributed by atoms with E-state index in [9.17, 15) is 4.79 Å². The molecule has 1 aromatic heterocycles. The molecule has 1 amide bonds. The van der Waals surface area contributed by atoms with Gasteiger partial charge in [-0.2, -0.15) is 5.10 Å². The van der Waals surface area contributed by atoms with E-state index in [-0.39, 0.29) is 11.9 Å². The summed E-state index contributed by atoms with van der Waals surface area (Å²) in [6.07, 6.45) is 3.96. The highest BCUT2D eigenvalue weighted by Gasteiger charge is 2.26. The molecule has 1 unspecified atom stereocenters. The Hall–Kier alpha value is -2.30. The molecule has 2 heterocycles. The van der Waals surface area contributed by atoms with Crippen molar-refractivity contribution in [2.24, 2.45) is 0 Å². The maximum Gasteiger partial charge on any atom is 0.247 e. The molecule has 1 aliphatic heterocycles. The number of aromatic nitrogens is 2. The lowest BCUT2D eigenvalue weighted by molar-refractivity contribution is -0.116. The first-order valence-corrected chi connectivity index (χ1v) is 5.47. The van der Waals surface area contributed by atoms with Gasteiger partial charge in [0, 0.05) is 18.3 Å². The Labute approximate surface area is 98.2 Å². The van der Waals surface area contributed by atoms with Gasteiger partial charge in [0.2, 0.25) is 5.91 Å². The van der Waals surface area contributed by atoms with Gasteiger partial charge in [-0.15, -0.1) is 0 Å². The maximum atomic E-state index is 12.0. The topological polar surface area (TPSA) is 69.8 Å². The first-order chi connectivity index (χ1) is 8.33. The van der Waals surface area contributed by atoms with Gasteiger partial charge in [-0.05, 0) is 11.6 Å². The molecule has 1 aromatic carbocycles. The van der Waals surface area contributed by atoms with Crippen molar-refractivity contribution in [1.29, 1.82) is 0 Å². The van der Waals surface area contributed by atoms with Crippen LogP contribution in [0.3, 0.4) is 0 Å². The zero-order valence-electron chi connectivity index (χ0n) is 9.10. The lowest BCUT2D eigenvalue weighted by atomic mass is 10.1. The molecule has 86 valence electrons. The van der Waals surface area contributed by atoms with Crippen LogP contribution in [-0.4, -0.2) is 22.1 Å². The molecule has 5 nitrogen and oxygen atoms in total. The van der Waals surface area contributed by atoms with Crippen molar-refractivity contribution in [3.05, 3.63) is 42.2 Å². The summed E-state index contributed by atoms with van der Waals surface area (Å²) in [5.41, 5.74) is 2.91. The fraction of sp³-hybridized carbons (Fsp3) is 0.167. The van der Waals surface area contributed by atoms with Crippen molar-refractivity contribution in [2.75, 3.05) is 10.6 Å². The summed E-state index contributed by atoms with van der Waals surface area (Å²) in [6.45, 7) is 0. The highest BCUT2D eigenvalue weighted by Crippen LogP contribution is 2.25. The number of fused-ring (bicyclic) bond motifs is 1. The molecule has 2 aromatic rings. The Balaban J connectivity index is 1.70. The number of aromatic amines is 1. The van der Waals surface area contributed by atoms with E-state index in [1.165, 1.54) is 5.56 Å². The minimum Gasteiger partial charge on any atom is -0.373 e. The number of benzene rings is 1. The molecule has 17 heavy (non-hydrogen) atoms. The minimum absolute atomic E-state index is 0.0393. The Bertz CT molecular complexity index is 510. The molecule has 1 atom stereocenters. The molecular weight excluding hydrogens is 216 g/mol. The van der Waals surface area contributed by atoms with Crippen LogP contribution < -0.4 is 10.6 Å². The Morgan fingerprint density at radius 2 is 2.29 bits per heavy atom.